The average Bonchev–Trinajstić information content (AvgIpc) is 3.15. The van der Waals surface area contributed by atoms with E-state index in [0.717, 1.165) is 5.56 Å². The molecule has 1 saturated heterocycles. The first-order valence-corrected chi connectivity index (χ1v) is 8.88. The Morgan fingerprint density at radius 2 is 2.15 bits per heavy atom. The molecule has 2 atom stereocenters. The minimum atomic E-state index is -0.669. The zero-order chi connectivity index (χ0) is 19.8. The van der Waals surface area contributed by atoms with Gasteiger partial charge in [0.05, 0.1) is 12.2 Å². The van der Waals surface area contributed by atoms with Gasteiger partial charge in [0.1, 0.15) is 0 Å². The Morgan fingerprint density at radius 3 is 2.74 bits per heavy atom. The lowest BCUT2D eigenvalue weighted by Crippen LogP contribution is -2.44. The third-order valence-corrected chi connectivity index (χ3v) is 4.72. The highest BCUT2D eigenvalue weighted by Gasteiger charge is 2.45. The first kappa shape index (κ1) is 19.0. The van der Waals surface area contributed by atoms with Gasteiger partial charge >= 0.3 is 0 Å². The van der Waals surface area contributed by atoms with Crippen molar-refractivity contribution >= 4 is 11.8 Å². The second kappa shape index (κ2) is 7.09. The molecule has 0 saturated carbocycles. The standard InChI is InChI=1S/C19H24FN5O2/c1-19(2,3)25-15(26)8-12(17(25)13-10-23-24(4)11-13)9-22-18(27)16-14(20)6-5-7-21-16/h5-7,10-12,17H,8-9H2,1-4H3,(H,22,27)/t12-,17+/m1/s1. The van der Waals surface area contributed by atoms with Crippen LogP contribution in [0.4, 0.5) is 4.39 Å². The smallest absolute Gasteiger partial charge is 0.272 e. The summed E-state index contributed by atoms with van der Waals surface area (Å²) in [5.74, 6) is -1.37. The van der Waals surface area contributed by atoms with Gasteiger partial charge in [0.15, 0.2) is 11.5 Å². The number of carbonyl (C=O) groups is 2. The van der Waals surface area contributed by atoms with E-state index in [1.54, 1.807) is 10.9 Å². The number of likely N-dealkylation sites (tertiary alicyclic amines) is 1. The summed E-state index contributed by atoms with van der Waals surface area (Å²) in [4.78, 5) is 30.6. The van der Waals surface area contributed by atoms with E-state index < -0.39 is 11.7 Å². The fourth-order valence-corrected chi connectivity index (χ4v) is 3.65. The molecule has 0 spiro atoms. The number of rotatable bonds is 4. The Labute approximate surface area is 157 Å². The lowest BCUT2D eigenvalue weighted by atomic mass is 9.93. The Bertz CT molecular complexity index is 858. The molecule has 3 rings (SSSR count). The van der Waals surface area contributed by atoms with Crippen molar-refractivity contribution in [2.45, 2.75) is 38.8 Å². The van der Waals surface area contributed by atoms with Crippen LogP contribution < -0.4 is 5.32 Å². The number of hydrogen-bond donors (Lipinski definition) is 1. The van der Waals surface area contributed by atoms with E-state index in [1.807, 2.05) is 38.9 Å². The Kier molecular flexibility index (Phi) is 4.99. The van der Waals surface area contributed by atoms with Gasteiger partial charge in [-0.1, -0.05) is 0 Å². The van der Waals surface area contributed by atoms with E-state index in [9.17, 15) is 14.0 Å². The van der Waals surface area contributed by atoms with Gasteiger partial charge in [0.25, 0.3) is 5.91 Å². The van der Waals surface area contributed by atoms with Crippen molar-refractivity contribution in [3.8, 4) is 0 Å². The molecule has 8 heteroatoms. The third kappa shape index (κ3) is 3.84. The van der Waals surface area contributed by atoms with Gasteiger partial charge in [-0.05, 0) is 32.9 Å². The summed E-state index contributed by atoms with van der Waals surface area (Å²) < 4.78 is 15.5. The molecule has 7 nitrogen and oxygen atoms in total. The van der Waals surface area contributed by atoms with Crippen LogP contribution in [0.3, 0.4) is 0 Å². The van der Waals surface area contributed by atoms with Gasteiger partial charge in [-0.15, -0.1) is 0 Å². The van der Waals surface area contributed by atoms with Crippen LogP contribution in [0.2, 0.25) is 0 Å². The Morgan fingerprint density at radius 1 is 1.41 bits per heavy atom. The summed E-state index contributed by atoms with van der Waals surface area (Å²) in [5.41, 5.74) is 0.303. The van der Waals surface area contributed by atoms with Gasteiger partial charge < -0.3 is 10.2 Å². The zero-order valence-electron chi connectivity index (χ0n) is 15.9. The number of aryl methyl sites for hydroxylation is 1. The van der Waals surface area contributed by atoms with Gasteiger partial charge in [0, 0.05) is 49.4 Å². The minimum Gasteiger partial charge on any atom is -0.350 e. The van der Waals surface area contributed by atoms with E-state index in [2.05, 4.69) is 15.4 Å². The van der Waals surface area contributed by atoms with E-state index in [-0.39, 0.29) is 35.6 Å². The van der Waals surface area contributed by atoms with E-state index in [4.69, 9.17) is 0 Å². The Hall–Kier alpha value is -2.77. The van der Waals surface area contributed by atoms with Gasteiger partial charge in [-0.3, -0.25) is 14.3 Å². The Balaban J connectivity index is 1.82. The maximum Gasteiger partial charge on any atom is 0.272 e. The predicted octanol–water partition coefficient (Wildman–Crippen LogP) is 2.07. The molecular weight excluding hydrogens is 349 g/mol. The maximum absolute atomic E-state index is 13.8. The van der Waals surface area contributed by atoms with Crippen molar-refractivity contribution in [1.82, 2.24) is 25.0 Å². The summed E-state index contributed by atoms with van der Waals surface area (Å²) in [5, 5.41) is 6.96. The molecule has 1 aliphatic heterocycles. The van der Waals surface area contributed by atoms with E-state index >= 15 is 0 Å². The topological polar surface area (TPSA) is 80.1 Å². The SMILES string of the molecule is Cn1cc([C@@H]2[C@@H](CNC(=O)c3ncccc3F)CC(=O)N2C(C)(C)C)cn1. The summed E-state index contributed by atoms with van der Waals surface area (Å²) >= 11 is 0. The number of halogens is 1. The lowest BCUT2D eigenvalue weighted by molar-refractivity contribution is -0.133. The number of nitrogens with zero attached hydrogens (tertiary/aromatic N) is 4. The number of nitrogens with one attached hydrogen (secondary N) is 1. The summed E-state index contributed by atoms with van der Waals surface area (Å²) in [6.45, 7) is 6.20. The molecule has 2 aromatic heterocycles. The molecule has 1 N–H and O–H groups in total. The first-order chi connectivity index (χ1) is 12.7. The van der Waals surface area contributed by atoms with E-state index in [1.165, 1.54) is 18.3 Å². The highest BCUT2D eigenvalue weighted by Crippen LogP contribution is 2.42. The highest BCUT2D eigenvalue weighted by molar-refractivity contribution is 5.92. The van der Waals surface area contributed by atoms with Crippen LogP contribution in [-0.4, -0.2) is 43.6 Å². The third-order valence-electron chi connectivity index (χ3n) is 4.72. The second-order valence-electron chi connectivity index (χ2n) is 7.83. The summed E-state index contributed by atoms with van der Waals surface area (Å²) in [6, 6.07) is 2.42. The van der Waals surface area contributed by atoms with Gasteiger partial charge in [-0.25, -0.2) is 9.37 Å². The van der Waals surface area contributed by atoms with Gasteiger partial charge in [-0.2, -0.15) is 5.10 Å². The second-order valence-corrected chi connectivity index (χ2v) is 7.83. The van der Waals surface area contributed by atoms with E-state index in [0.29, 0.717) is 6.42 Å². The van der Waals surface area contributed by atoms with Crippen LogP contribution in [0.5, 0.6) is 0 Å². The quantitative estimate of drug-likeness (QED) is 0.890. The molecule has 0 aromatic carbocycles. The van der Waals surface area contributed by atoms with Crippen molar-refractivity contribution in [2.24, 2.45) is 13.0 Å². The normalized spacial score (nSPS) is 20.2. The van der Waals surface area contributed by atoms with Crippen LogP contribution in [0.15, 0.2) is 30.7 Å². The highest BCUT2D eigenvalue weighted by atomic mass is 19.1. The molecule has 0 radical (unpaired) electrons. The minimum absolute atomic E-state index is 0.0274. The largest absolute Gasteiger partial charge is 0.350 e. The summed E-state index contributed by atoms with van der Waals surface area (Å²) in [6.07, 6.45) is 5.31. The number of amides is 2. The van der Waals surface area contributed by atoms with Crippen LogP contribution in [0.25, 0.3) is 0 Å². The van der Waals surface area contributed by atoms with Crippen LogP contribution in [-0.2, 0) is 11.8 Å². The van der Waals surface area contributed by atoms with Crippen molar-refractivity contribution in [1.29, 1.82) is 0 Å². The number of carbonyl (C=O) groups excluding carboxylic acids is 2. The molecule has 144 valence electrons. The molecule has 3 heterocycles. The van der Waals surface area contributed by atoms with Crippen molar-refractivity contribution in [3.05, 3.63) is 47.8 Å². The van der Waals surface area contributed by atoms with Crippen LogP contribution in [0.1, 0.15) is 49.3 Å². The van der Waals surface area contributed by atoms with Crippen molar-refractivity contribution < 1.29 is 14.0 Å². The lowest BCUT2D eigenvalue weighted by Gasteiger charge is -2.38. The average molecular weight is 373 g/mol. The molecule has 27 heavy (non-hydrogen) atoms. The van der Waals surface area contributed by atoms with Crippen molar-refractivity contribution in [3.63, 3.8) is 0 Å². The maximum atomic E-state index is 13.8. The molecule has 0 unspecified atom stereocenters. The molecule has 1 aliphatic rings. The molecule has 2 amide bonds. The molecular formula is C19H24FN5O2. The monoisotopic (exact) mass is 373 g/mol. The van der Waals surface area contributed by atoms with Gasteiger partial charge in [0.2, 0.25) is 5.91 Å². The molecule has 1 fully saturated rings. The molecule has 0 bridgehead atoms. The first-order valence-electron chi connectivity index (χ1n) is 8.88. The van der Waals surface area contributed by atoms with Crippen LogP contribution in [0, 0.1) is 11.7 Å². The number of aromatic nitrogens is 3. The summed E-state index contributed by atoms with van der Waals surface area (Å²) in [7, 11) is 1.82. The fraction of sp³-hybridized carbons (Fsp3) is 0.474. The van der Waals surface area contributed by atoms with Crippen molar-refractivity contribution in [2.75, 3.05) is 6.54 Å². The predicted molar refractivity (Wildman–Crippen MR) is 97.2 cm³/mol. The zero-order valence-corrected chi connectivity index (χ0v) is 15.9. The number of pyridine rings is 1. The molecule has 0 aliphatic carbocycles. The fourth-order valence-electron chi connectivity index (χ4n) is 3.65. The molecule has 2 aromatic rings. The van der Waals surface area contributed by atoms with Crippen LogP contribution >= 0.6 is 0 Å². The number of hydrogen-bond acceptors (Lipinski definition) is 4.